The number of thiol groups is 1. The SMILES string of the molecule is CCCC[SH](C)Cl. The summed E-state index contributed by atoms with van der Waals surface area (Å²) in [4.78, 5) is 0. The summed E-state index contributed by atoms with van der Waals surface area (Å²) in [7, 11) is 5.59. The van der Waals surface area contributed by atoms with Crippen molar-refractivity contribution in [2.75, 3.05) is 12.0 Å². The van der Waals surface area contributed by atoms with Crippen molar-refractivity contribution in [1.29, 1.82) is 0 Å². The minimum absolute atomic E-state index is 0.134. The molecule has 0 heterocycles. The van der Waals surface area contributed by atoms with Crippen LogP contribution < -0.4 is 0 Å². The second kappa shape index (κ2) is 4.79. The van der Waals surface area contributed by atoms with Crippen LogP contribution in [-0.4, -0.2) is 12.0 Å². The van der Waals surface area contributed by atoms with E-state index in [4.69, 9.17) is 10.7 Å². The molecule has 1 atom stereocenters. The van der Waals surface area contributed by atoms with Gasteiger partial charge in [0.2, 0.25) is 0 Å². The molecule has 46 valence electrons. The second-order valence-electron chi connectivity index (χ2n) is 1.68. The maximum atomic E-state index is 5.72. The van der Waals surface area contributed by atoms with Crippen molar-refractivity contribution in [2.24, 2.45) is 0 Å². The number of halogens is 1. The summed E-state index contributed by atoms with van der Waals surface area (Å²) in [5.41, 5.74) is 0. The maximum absolute atomic E-state index is 5.72. The lowest BCUT2D eigenvalue weighted by molar-refractivity contribution is 0.896. The minimum atomic E-state index is -0.134. The third kappa shape index (κ3) is 6.64. The van der Waals surface area contributed by atoms with Crippen LogP contribution in [0.1, 0.15) is 19.8 Å². The number of hydrogen-bond acceptors (Lipinski definition) is 0. The molecule has 7 heavy (non-hydrogen) atoms. The van der Waals surface area contributed by atoms with E-state index in [0.717, 1.165) is 0 Å². The summed E-state index contributed by atoms with van der Waals surface area (Å²) >= 11 is 0. The van der Waals surface area contributed by atoms with Gasteiger partial charge in [0.25, 0.3) is 0 Å². The first kappa shape index (κ1) is 7.64. The zero-order valence-corrected chi connectivity index (χ0v) is 6.60. The Morgan fingerprint density at radius 3 is 2.29 bits per heavy atom. The van der Waals surface area contributed by atoms with Crippen molar-refractivity contribution >= 4 is 20.8 Å². The van der Waals surface area contributed by atoms with Crippen molar-refractivity contribution in [3.63, 3.8) is 0 Å². The lowest BCUT2D eigenvalue weighted by Crippen LogP contribution is -1.77. The van der Waals surface area contributed by atoms with Crippen LogP contribution in [-0.2, 0) is 0 Å². The Bertz CT molecular complexity index is 37.1. The summed E-state index contributed by atoms with van der Waals surface area (Å²) in [6.07, 6.45) is 4.68. The van der Waals surface area contributed by atoms with E-state index in [0.29, 0.717) is 0 Å². The molecule has 0 aliphatic heterocycles. The highest BCUT2D eigenvalue weighted by Gasteiger charge is 1.86. The fourth-order valence-corrected chi connectivity index (χ4v) is 1.49. The van der Waals surface area contributed by atoms with Crippen LogP contribution in [0.2, 0.25) is 0 Å². The monoisotopic (exact) mass is 140 g/mol. The largest absolute Gasteiger partial charge is 0.178 e. The van der Waals surface area contributed by atoms with Gasteiger partial charge in [0.15, 0.2) is 0 Å². The zero-order chi connectivity index (χ0) is 5.70. The van der Waals surface area contributed by atoms with Crippen LogP contribution in [0.5, 0.6) is 0 Å². The zero-order valence-electron chi connectivity index (χ0n) is 4.95. The highest BCUT2D eigenvalue weighted by Crippen LogP contribution is 2.26. The molecule has 2 heteroatoms. The molecule has 0 aromatic rings. The Morgan fingerprint density at radius 1 is 1.57 bits per heavy atom. The molecule has 0 fully saturated rings. The van der Waals surface area contributed by atoms with E-state index in [1.807, 2.05) is 0 Å². The highest BCUT2D eigenvalue weighted by atomic mass is 35.7. The predicted molar refractivity (Wildman–Crippen MR) is 40.5 cm³/mol. The molecular formula is C5H13ClS. The molecule has 0 N–H and O–H groups in total. The Kier molecular flexibility index (Phi) is 5.23. The smallest absolute Gasteiger partial charge is 0.0129 e. The van der Waals surface area contributed by atoms with Gasteiger partial charge >= 0.3 is 0 Å². The van der Waals surface area contributed by atoms with Gasteiger partial charge in [-0.05, 0) is 18.4 Å². The predicted octanol–water partition coefficient (Wildman–Crippen LogP) is 2.57. The van der Waals surface area contributed by atoms with E-state index < -0.39 is 0 Å². The van der Waals surface area contributed by atoms with Gasteiger partial charge in [-0.1, -0.05) is 24.0 Å². The number of hydrogen-bond donors (Lipinski definition) is 1. The Morgan fingerprint density at radius 2 is 2.14 bits per heavy atom. The number of unbranched alkanes of at least 4 members (excludes halogenated alkanes) is 1. The molecule has 0 nitrogen and oxygen atoms in total. The van der Waals surface area contributed by atoms with Crippen molar-refractivity contribution in [2.45, 2.75) is 19.8 Å². The second-order valence-corrected chi connectivity index (χ2v) is 5.07. The van der Waals surface area contributed by atoms with Crippen LogP contribution in [0.3, 0.4) is 0 Å². The first-order valence-electron chi connectivity index (χ1n) is 2.64. The molecule has 0 saturated carbocycles. The quantitative estimate of drug-likeness (QED) is 0.573. The first-order chi connectivity index (χ1) is 3.27. The van der Waals surface area contributed by atoms with E-state index in [2.05, 4.69) is 13.2 Å². The molecule has 0 aromatic heterocycles. The van der Waals surface area contributed by atoms with E-state index in [9.17, 15) is 0 Å². The topological polar surface area (TPSA) is 0 Å². The molecule has 1 unspecified atom stereocenters. The van der Waals surface area contributed by atoms with Crippen molar-refractivity contribution < 1.29 is 0 Å². The summed E-state index contributed by atoms with van der Waals surface area (Å²) in [5, 5.41) is 0. The molecule has 0 aliphatic carbocycles. The summed E-state index contributed by atoms with van der Waals surface area (Å²) in [6, 6.07) is 0. The Labute approximate surface area is 53.1 Å². The number of rotatable bonds is 3. The van der Waals surface area contributed by atoms with E-state index in [1.165, 1.54) is 18.6 Å². The fraction of sp³-hybridized carbons (Fsp3) is 1.00. The van der Waals surface area contributed by atoms with Gasteiger partial charge in [-0.3, -0.25) is 0 Å². The van der Waals surface area contributed by atoms with Gasteiger partial charge in [0, 0.05) is 0 Å². The van der Waals surface area contributed by atoms with Gasteiger partial charge in [0.1, 0.15) is 0 Å². The molecule has 0 saturated heterocycles. The van der Waals surface area contributed by atoms with Gasteiger partial charge < -0.3 is 0 Å². The lowest BCUT2D eigenvalue weighted by atomic mass is 10.4. The molecule has 0 radical (unpaired) electrons. The van der Waals surface area contributed by atoms with Gasteiger partial charge in [-0.25, -0.2) is 0 Å². The Balaban J connectivity index is 2.68. The summed E-state index contributed by atoms with van der Waals surface area (Å²) in [6.45, 7) is 2.19. The Hall–Kier alpha value is 0.640. The van der Waals surface area contributed by atoms with Crippen LogP contribution in [0, 0.1) is 0 Å². The first-order valence-corrected chi connectivity index (χ1v) is 5.52. The normalized spacial score (nSPS) is 16.7. The van der Waals surface area contributed by atoms with Crippen LogP contribution in [0.15, 0.2) is 0 Å². The molecule has 0 rings (SSSR count). The average Bonchev–Trinajstić information content (AvgIpc) is 1.61. The minimum Gasteiger partial charge on any atom is -0.178 e. The molecule has 0 bridgehead atoms. The van der Waals surface area contributed by atoms with Gasteiger partial charge in [-0.2, -0.15) is 10.1 Å². The van der Waals surface area contributed by atoms with Crippen molar-refractivity contribution in [1.82, 2.24) is 0 Å². The third-order valence-corrected chi connectivity index (χ3v) is 2.26. The van der Waals surface area contributed by atoms with Crippen LogP contribution >= 0.6 is 20.8 Å². The van der Waals surface area contributed by atoms with Crippen LogP contribution in [0.4, 0.5) is 0 Å². The summed E-state index contributed by atoms with van der Waals surface area (Å²) < 4.78 is 0. The van der Waals surface area contributed by atoms with E-state index in [-0.39, 0.29) is 10.1 Å². The third-order valence-electron chi connectivity index (χ3n) is 0.820. The summed E-state index contributed by atoms with van der Waals surface area (Å²) in [5.74, 6) is 1.23. The van der Waals surface area contributed by atoms with E-state index >= 15 is 0 Å². The highest BCUT2D eigenvalue weighted by molar-refractivity contribution is 8.35. The average molecular weight is 141 g/mol. The fourth-order valence-electron chi connectivity index (χ4n) is 0.376. The van der Waals surface area contributed by atoms with E-state index in [1.54, 1.807) is 0 Å². The molecule has 0 aromatic carbocycles. The van der Waals surface area contributed by atoms with Crippen molar-refractivity contribution in [3.05, 3.63) is 0 Å². The van der Waals surface area contributed by atoms with Gasteiger partial charge in [-0.15, -0.1) is 0 Å². The van der Waals surface area contributed by atoms with Crippen LogP contribution in [0.25, 0.3) is 0 Å². The maximum Gasteiger partial charge on any atom is -0.0129 e. The molecular weight excluding hydrogens is 128 g/mol. The standard InChI is InChI=1S/C5H13ClS/c1-3-4-5-7(2)6/h7H,3-5H2,1-2H3. The lowest BCUT2D eigenvalue weighted by Gasteiger charge is -2.01. The molecule has 0 spiro atoms. The van der Waals surface area contributed by atoms with Gasteiger partial charge in [0.05, 0.1) is 0 Å². The molecule has 0 amide bonds. The molecule has 0 aliphatic rings. The van der Waals surface area contributed by atoms with Crippen molar-refractivity contribution in [3.8, 4) is 0 Å².